The van der Waals surface area contributed by atoms with Gasteiger partial charge in [0.15, 0.2) is 0 Å². The third-order valence-corrected chi connectivity index (χ3v) is 2.43. The molecule has 0 saturated carbocycles. The van der Waals surface area contributed by atoms with E-state index in [0.717, 1.165) is 16.7 Å². The Kier molecular flexibility index (Phi) is 4.53. The fourth-order valence-corrected chi connectivity index (χ4v) is 1.58. The van der Waals surface area contributed by atoms with Gasteiger partial charge >= 0.3 is 5.97 Å². The molecule has 3 heteroatoms. The summed E-state index contributed by atoms with van der Waals surface area (Å²) in [6.07, 6.45) is 1.43. The molecule has 1 rings (SSSR count). The Morgan fingerprint density at radius 2 is 2.19 bits per heavy atom. The number of esters is 1. The molecule has 1 aromatic rings. The maximum absolute atomic E-state index is 11.2. The molecule has 0 aliphatic heterocycles. The van der Waals surface area contributed by atoms with Gasteiger partial charge in [-0.3, -0.25) is 4.79 Å². The van der Waals surface area contributed by atoms with Gasteiger partial charge in [0.1, 0.15) is 0 Å². The summed E-state index contributed by atoms with van der Waals surface area (Å²) in [5.74, 6) is -0.248. The Bertz CT molecular complexity index is 418. The summed E-state index contributed by atoms with van der Waals surface area (Å²) in [6, 6.07) is 8.03. The summed E-state index contributed by atoms with van der Waals surface area (Å²) in [6.45, 7) is 2.00. The molecule has 84 valence electrons. The lowest BCUT2D eigenvalue weighted by Crippen LogP contribution is -2.07. The molecule has 0 unspecified atom stereocenters. The summed E-state index contributed by atoms with van der Waals surface area (Å²) in [5.41, 5.74) is 3.15. The number of ether oxygens (including phenoxy) is 1. The van der Waals surface area contributed by atoms with Crippen molar-refractivity contribution in [3.05, 3.63) is 34.9 Å². The van der Waals surface area contributed by atoms with Crippen LogP contribution >= 0.6 is 0 Å². The number of hydrogen-bond donors (Lipinski definition) is 0. The zero-order valence-corrected chi connectivity index (χ0v) is 9.62. The van der Waals surface area contributed by atoms with E-state index in [1.807, 2.05) is 25.1 Å². The third-order valence-electron chi connectivity index (χ3n) is 2.43. The molecule has 3 nitrogen and oxygen atoms in total. The van der Waals surface area contributed by atoms with Crippen LogP contribution in [0.25, 0.3) is 0 Å². The summed E-state index contributed by atoms with van der Waals surface area (Å²) < 4.78 is 4.64. The van der Waals surface area contributed by atoms with Gasteiger partial charge in [-0.2, -0.15) is 5.26 Å². The van der Waals surface area contributed by atoms with Crippen molar-refractivity contribution in [2.75, 3.05) is 7.11 Å². The van der Waals surface area contributed by atoms with Gasteiger partial charge in [0.25, 0.3) is 0 Å². The van der Waals surface area contributed by atoms with Gasteiger partial charge in [-0.1, -0.05) is 23.8 Å². The molecule has 0 N–H and O–H groups in total. The van der Waals surface area contributed by atoms with Crippen molar-refractivity contribution < 1.29 is 9.53 Å². The van der Waals surface area contributed by atoms with Crippen molar-refractivity contribution in [1.29, 1.82) is 5.26 Å². The number of rotatable bonds is 4. The highest BCUT2D eigenvalue weighted by molar-refractivity contribution is 5.72. The lowest BCUT2D eigenvalue weighted by Gasteiger charge is -2.08. The molecule has 0 radical (unpaired) electrons. The molecule has 0 heterocycles. The van der Waals surface area contributed by atoms with E-state index in [4.69, 9.17) is 5.26 Å². The quantitative estimate of drug-likeness (QED) is 0.726. The second kappa shape index (κ2) is 5.92. The highest BCUT2D eigenvalue weighted by Gasteiger charge is 2.08. The predicted molar refractivity (Wildman–Crippen MR) is 60.8 cm³/mol. The number of nitriles is 1. The lowest BCUT2D eigenvalue weighted by molar-refractivity contribution is -0.139. The van der Waals surface area contributed by atoms with Gasteiger partial charge in [-0.25, -0.2) is 0 Å². The van der Waals surface area contributed by atoms with Crippen LogP contribution in [0.5, 0.6) is 0 Å². The van der Waals surface area contributed by atoms with Crippen LogP contribution in [-0.2, 0) is 22.4 Å². The summed E-state index contributed by atoms with van der Waals surface area (Å²) in [7, 11) is 1.38. The first-order valence-corrected chi connectivity index (χ1v) is 5.19. The monoisotopic (exact) mass is 217 g/mol. The van der Waals surface area contributed by atoms with E-state index >= 15 is 0 Å². The molecule has 0 bridgehead atoms. The first kappa shape index (κ1) is 12.3. The minimum Gasteiger partial charge on any atom is -0.469 e. The zero-order valence-electron chi connectivity index (χ0n) is 9.62. The fraction of sp³-hybridized carbons (Fsp3) is 0.385. The van der Waals surface area contributed by atoms with Gasteiger partial charge < -0.3 is 4.74 Å². The molecule has 0 fully saturated rings. The van der Waals surface area contributed by atoms with Crippen LogP contribution in [-0.4, -0.2) is 13.1 Å². The van der Waals surface area contributed by atoms with Crippen LogP contribution in [0.15, 0.2) is 18.2 Å². The van der Waals surface area contributed by atoms with E-state index in [9.17, 15) is 4.79 Å². The van der Waals surface area contributed by atoms with Crippen molar-refractivity contribution in [2.24, 2.45) is 0 Å². The maximum Gasteiger partial charge on any atom is 0.309 e. The number of carbonyl (C=O) groups excluding carboxylic acids is 1. The normalized spacial score (nSPS) is 9.56. The lowest BCUT2D eigenvalue weighted by atomic mass is 9.98. The van der Waals surface area contributed by atoms with Crippen LogP contribution in [0.4, 0.5) is 0 Å². The highest BCUT2D eigenvalue weighted by Crippen LogP contribution is 2.15. The Morgan fingerprint density at radius 3 is 2.81 bits per heavy atom. The van der Waals surface area contributed by atoms with Crippen LogP contribution in [0.1, 0.15) is 23.1 Å². The Labute approximate surface area is 95.7 Å². The molecular weight excluding hydrogens is 202 g/mol. The molecule has 16 heavy (non-hydrogen) atoms. The van der Waals surface area contributed by atoms with Crippen LogP contribution in [0, 0.1) is 18.3 Å². The molecular formula is C13H15NO2. The van der Waals surface area contributed by atoms with Gasteiger partial charge in [-0.15, -0.1) is 0 Å². The molecule has 0 aliphatic carbocycles. The summed E-state index contributed by atoms with van der Waals surface area (Å²) in [4.78, 5) is 11.2. The standard InChI is InChI=1S/C13H15NO2/c1-10-5-6-12(9-13(15)16-2)11(8-10)4-3-7-14/h5-6,8H,3-4,9H2,1-2H3. The average Bonchev–Trinajstić information content (AvgIpc) is 2.29. The number of nitrogens with zero attached hydrogens (tertiary/aromatic N) is 1. The zero-order chi connectivity index (χ0) is 12.0. The minimum absolute atomic E-state index is 0.248. The van der Waals surface area contributed by atoms with E-state index < -0.39 is 0 Å². The Morgan fingerprint density at radius 1 is 1.44 bits per heavy atom. The van der Waals surface area contributed by atoms with Gasteiger partial charge in [-0.05, 0) is 24.5 Å². The average molecular weight is 217 g/mol. The topological polar surface area (TPSA) is 50.1 Å². The number of hydrogen-bond acceptors (Lipinski definition) is 3. The minimum atomic E-state index is -0.248. The van der Waals surface area contributed by atoms with E-state index in [1.165, 1.54) is 7.11 Å². The Balaban J connectivity index is 2.89. The molecule has 1 aromatic carbocycles. The number of benzene rings is 1. The molecule has 0 atom stereocenters. The molecule has 0 aliphatic rings. The Hall–Kier alpha value is -1.82. The molecule has 0 saturated heterocycles. The van der Waals surface area contributed by atoms with Gasteiger partial charge in [0.2, 0.25) is 0 Å². The first-order chi connectivity index (χ1) is 7.67. The van der Waals surface area contributed by atoms with Crippen molar-refractivity contribution in [3.8, 4) is 6.07 Å². The number of carbonyl (C=O) groups is 1. The SMILES string of the molecule is COC(=O)Cc1ccc(C)cc1CCC#N. The van der Waals surface area contributed by atoms with E-state index in [0.29, 0.717) is 12.8 Å². The highest BCUT2D eigenvalue weighted by atomic mass is 16.5. The van der Waals surface area contributed by atoms with Crippen molar-refractivity contribution >= 4 is 5.97 Å². The fourth-order valence-electron chi connectivity index (χ4n) is 1.58. The van der Waals surface area contributed by atoms with E-state index in [-0.39, 0.29) is 12.4 Å². The van der Waals surface area contributed by atoms with Gasteiger partial charge in [0, 0.05) is 6.42 Å². The maximum atomic E-state index is 11.2. The van der Waals surface area contributed by atoms with E-state index in [1.54, 1.807) is 0 Å². The van der Waals surface area contributed by atoms with Gasteiger partial charge in [0.05, 0.1) is 19.6 Å². The largest absolute Gasteiger partial charge is 0.469 e. The second-order valence-electron chi connectivity index (χ2n) is 3.68. The van der Waals surface area contributed by atoms with Crippen LogP contribution in [0.3, 0.4) is 0 Å². The van der Waals surface area contributed by atoms with Crippen LogP contribution in [0.2, 0.25) is 0 Å². The second-order valence-corrected chi connectivity index (χ2v) is 3.68. The van der Waals surface area contributed by atoms with Crippen molar-refractivity contribution in [2.45, 2.75) is 26.2 Å². The van der Waals surface area contributed by atoms with Crippen molar-refractivity contribution in [1.82, 2.24) is 0 Å². The molecule has 0 aromatic heterocycles. The summed E-state index contributed by atoms with van der Waals surface area (Å²) in [5, 5.41) is 8.57. The third kappa shape index (κ3) is 3.39. The van der Waals surface area contributed by atoms with Crippen LogP contribution < -0.4 is 0 Å². The number of methoxy groups -OCH3 is 1. The smallest absolute Gasteiger partial charge is 0.309 e. The number of aryl methyl sites for hydroxylation is 2. The predicted octanol–water partition coefficient (Wildman–Crippen LogP) is 2.17. The molecule has 0 amide bonds. The summed E-state index contributed by atoms with van der Waals surface area (Å²) >= 11 is 0. The molecule has 0 spiro atoms. The van der Waals surface area contributed by atoms with E-state index in [2.05, 4.69) is 10.8 Å². The first-order valence-electron chi connectivity index (χ1n) is 5.19. The van der Waals surface area contributed by atoms with Crippen molar-refractivity contribution in [3.63, 3.8) is 0 Å².